The molecule has 1 aromatic carbocycles. The van der Waals surface area contributed by atoms with E-state index in [2.05, 4.69) is 41.8 Å². The summed E-state index contributed by atoms with van der Waals surface area (Å²) < 4.78 is 21.4. The molecule has 0 radical (unpaired) electrons. The van der Waals surface area contributed by atoms with Gasteiger partial charge in [-0.05, 0) is 25.1 Å². The van der Waals surface area contributed by atoms with Crippen LogP contribution < -0.4 is 10.7 Å². The number of nitrogens with zero attached hydrogens (tertiary/aromatic N) is 4. The molecule has 0 saturated carbocycles. The van der Waals surface area contributed by atoms with Crippen LogP contribution in [0.2, 0.25) is 0 Å². The third kappa shape index (κ3) is 4.68. The molecule has 0 unspecified atom stereocenters. The average Bonchev–Trinajstić information content (AvgIpc) is 3.17. The van der Waals surface area contributed by atoms with E-state index in [1.54, 1.807) is 24.0 Å². The van der Waals surface area contributed by atoms with E-state index in [-0.39, 0.29) is 17.8 Å². The number of halogens is 2. The van der Waals surface area contributed by atoms with Gasteiger partial charge in [0.15, 0.2) is 5.60 Å². The van der Waals surface area contributed by atoms with Crippen molar-refractivity contribution in [3.05, 3.63) is 52.0 Å². The second-order valence-electron chi connectivity index (χ2n) is 8.16. The number of carbonyl (C=O) groups excluding carboxylic acids is 2. The summed E-state index contributed by atoms with van der Waals surface area (Å²) in [5.74, 6) is -0.532. The number of hydrogen-bond acceptors (Lipinski definition) is 6. The van der Waals surface area contributed by atoms with Gasteiger partial charge >= 0.3 is 6.09 Å². The molecule has 2 amide bonds. The summed E-state index contributed by atoms with van der Waals surface area (Å²) in [6, 6.07) is 4.27. The van der Waals surface area contributed by atoms with Gasteiger partial charge in [0.25, 0.3) is 5.91 Å². The predicted molar refractivity (Wildman–Crippen MR) is 119 cm³/mol. The average molecular weight is 507 g/mol. The lowest BCUT2D eigenvalue weighted by Gasteiger charge is -2.43. The third-order valence-corrected chi connectivity index (χ3v) is 6.36. The zero-order valence-electron chi connectivity index (χ0n) is 17.8. The van der Waals surface area contributed by atoms with Crippen LogP contribution in [-0.2, 0) is 11.8 Å². The molecule has 11 heteroatoms. The highest BCUT2D eigenvalue weighted by Gasteiger charge is 2.46. The number of ether oxygens (including phenoxy) is 1. The predicted octanol–water partition coefficient (Wildman–Crippen LogP) is 2.42. The lowest BCUT2D eigenvalue weighted by molar-refractivity contribution is 0.00485. The van der Waals surface area contributed by atoms with Crippen LogP contribution in [0.15, 0.2) is 40.2 Å². The van der Waals surface area contributed by atoms with E-state index < -0.39 is 11.7 Å². The fourth-order valence-corrected chi connectivity index (χ4v) is 4.69. The maximum Gasteiger partial charge on any atom is 0.428 e. The SMILES string of the molecule is C[C@@H](CN1CCC2(CC1)OC(=O)NN=C2c1ccc(F)cc1Br)NC(=O)c1cnn(C)c1. The number of aromatic nitrogens is 2. The molecule has 3 heterocycles. The Morgan fingerprint density at radius 3 is 2.81 bits per heavy atom. The quantitative estimate of drug-likeness (QED) is 0.648. The summed E-state index contributed by atoms with van der Waals surface area (Å²) in [4.78, 5) is 26.6. The summed E-state index contributed by atoms with van der Waals surface area (Å²) in [5, 5.41) is 11.3. The van der Waals surface area contributed by atoms with Gasteiger partial charge in [-0.2, -0.15) is 10.2 Å². The van der Waals surface area contributed by atoms with Crippen LogP contribution in [0.25, 0.3) is 0 Å². The van der Waals surface area contributed by atoms with Crippen molar-refractivity contribution in [1.82, 2.24) is 25.4 Å². The highest BCUT2D eigenvalue weighted by atomic mass is 79.9. The zero-order chi connectivity index (χ0) is 22.9. The maximum atomic E-state index is 13.6. The summed E-state index contributed by atoms with van der Waals surface area (Å²) in [6.45, 7) is 3.91. The second kappa shape index (κ2) is 8.99. The van der Waals surface area contributed by atoms with Crippen molar-refractivity contribution < 1.29 is 18.7 Å². The lowest BCUT2D eigenvalue weighted by Crippen LogP contribution is -2.57. The number of rotatable bonds is 5. The molecule has 1 aromatic heterocycles. The highest BCUT2D eigenvalue weighted by Crippen LogP contribution is 2.35. The van der Waals surface area contributed by atoms with Gasteiger partial charge in [-0.15, -0.1) is 0 Å². The number of benzene rings is 1. The monoisotopic (exact) mass is 506 g/mol. The molecule has 1 saturated heterocycles. The Labute approximate surface area is 193 Å². The van der Waals surface area contributed by atoms with Crippen LogP contribution in [-0.4, -0.2) is 63.7 Å². The minimum atomic E-state index is -0.888. The minimum absolute atomic E-state index is 0.0771. The van der Waals surface area contributed by atoms with Crippen LogP contribution in [0.4, 0.5) is 9.18 Å². The molecule has 170 valence electrons. The Balaban J connectivity index is 1.41. The molecule has 1 atom stereocenters. The first-order valence-corrected chi connectivity index (χ1v) is 11.1. The molecule has 2 aliphatic rings. The van der Waals surface area contributed by atoms with Gasteiger partial charge in [-0.1, -0.05) is 15.9 Å². The zero-order valence-corrected chi connectivity index (χ0v) is 19.4. The Morgan fingerprint density at radius 1 is 1.41 bits per heavy atom. The van der Waals surface area contributed by atoms with Crippen molar-refractivity contribution in [2.75, 3.05) is 19.6 Å². The van der Waals surface area contributed by atoms with E-state index in [9.17, 15) is 14.0 Å². The van der Waals surface area contributed by atoms with Crippen molar-refractivity contribution in [2.24, 2.45) is 12.1 Å². The van der Waals surface area contributed by atoms with Gasteiger partial charge < -0.3 is 15.0 Å². The largest absolute Gasteiger partial charge is 0.435 e. The normalized spacial score (nSPS) is 19.1. The van der Waals surface area contributed by atoms with E-state index in [0.717, 1.165) is 0 Å². The summed E-state index contributed by atoms with van der Waals surface area (Å²) in [7, 11) is 1.76. The molecule has 9 nitrogen and oxygen atoms in total. The standard InChI is InChI=1S/C21H24BrFN6O3/c1-13(25-19(30)14-10-24-28(2)12-14)11-29-7-5-21(6-8-29)18(26-27-20(31)32-21)16-4-3-15(23)9-17(16)22/h3-4,9-10,12-13H,5-8,11H2,1-2H3,(H,25,30)(H,27,31)/t13-/m0/s1. The Bertz CT molecular complexity index is 1060. The molecule has 2 aromatic rings. The van der Waals surface area contributed by atoms with Crippen LogP contribution in [0, 0.1) is 5.82 Å². The van der Waals surface area contributed by atoms with Gasteiger partial charge in [0.1, 0.15) is 11.5 Å². The second-order valence-corrected chi connectivity index (χ2v) is 9.01. The van der Waals surface area contributed by atoms with Crippen LogP contribution in [0.3, 0.4) is 0 Å². The molecular formula is C21H24BrFN6O3. The number of carbonyl (C=O) groups is 2. The number of piperidine rings is 1. The van der Waals surface area contributed by atoms with E-state index in [1.807, 2.05) is 6.92 Å². The molecule has 2 aliphatic heterocycles. The van der Waals surface area contributed by atoms with Crippen molar-refractivity contribution in [3.63, 3.8) is 0 Å². The van der Waals surface area contributed by atoms with Crippen LogP contribution in [0.1, 0.15) is 35.7 Å². The third-order valence-electron chi connectivity index (χ3n) is 5.71. The molecular weight excluding hydrogens is 483 g/mol. The first kappa shape index (κ1) is 22.4. The Hall–Kier alpha value is -2.79. The van der Waals surface area contributed by atoms with Gasteiger partial charge in [-0.25, -0.2) is 14.6 Å². The molecule has 32 heavy (non-hydrogen) atoms. The smallest absolute Gasteiger partial charge is 0.428 e. The van der Waals surface area contributed by atoms with Crippen molar-refractivity contribution in [1.29, 1.82) is 0 Å². The molecule has 1 spiro atoms. The van der Waals surface area contributed by atoms with Crippen molar-refractivity contribution in [2.45, 2.75) is 31.4 Å². The molecule has 0 aliphatic carbocycles. The molecule has 0 bridgehead atoms. The van der Waals surface area contributed by atoms with Crippen molar-refractivity contribution >= 4 is 33.6 Å². The van der Waals surface area contributed by atoms with Gasteiger partial charge in [-0.3, -0.25) is 9.48 Å². The first-order chi connectivity index (χ1) is 15.3. The Kier molecular flexibility index (Phi) is 6.29. The molecule has 4 rings (SSSR count). The maximum absolute atomic E-state index is 13.6. The van der Waals surface area contributed by atoms with E-state index in [4.69, 9.17) is 4.74 Å². The van der Waals surface area contributed by atoms with E-state index >= 15 is 0 Å². The van der Waals surface area contributed by atoms with Crippen LogP contribution in [0.5, 0.6) is 0 Å². The fourth-order valence-electron chi connectivity index (χ4n) is 4.15. The fraction of sp³-hybridized carbons (Fsp3) is 0.429. The summed E-state index contributed by atoms with van der Waals surface area (Å²) in [5.41, 5.74) is 3.25. The molecule has 2 N–H and O–H groups in total. The van der Waals surface area contributed by atoms with Gasteiger partial charge in [0.2, 0.25) is 0 Å². The summed E-state index contributed by atoms with van der Waals surface area (Å²) in [6.07, 6.45) is 3.68. The van der Waals surface area contributed by atoms with Gasteiger partial charge in [0, 0.05) is 61.8 Å². The van der Waals surface area contributed by atoms with E-state index in [1.165, 1.54) is 18.3 Å². The van der Waals surface area contributed by atoms with Crippen LogP contribution >= 0.6 is 15.9 Å². The number of aryl methyl sites for hydroxylation is 1. The number of likely N-dealkylation sites (tertiary alicyclic amines) is 1. The number of hydrazone groups is 1. The number of hydrogen-bond donors (Lipinski definition) is 2. The number of amides is 2. The van der Waals surface area contributed by atoms with Crippen molar-refractivity contribution in [3.8, 4) is 0 Å². The summed E-state index contributed by atoms with van der Waals surface area (Å²) >= 11 is 3.39. The number of nitrogens with one attached hydrogen (secondary N) is 2. The molecule has 1 fully saturated rings. The van der Waals surface area contributed by atoms with E-state index in [0.29, 0.717) is 53.8 Å². The lowest BCUT2D eigenvalue weighted by atomic mass is 9.82. The first-order valence-electron chi connectivity index (χ1n) is 10.3. The minimum Gasteiger partial charge on any atom is -0.435 e. The highest BCUT2D eigenvalue weighted by molar-refractivity contribution is 9.10. The Morgan fingerprint density at radius 2 is 2.16 bits per heavy atom. The van der Waals surface area contributed by atoms with Gasteiger partial charge in [0.05, 0.1) is 11.8 Å². The topological polar surface area (TPSA) is 101 Å².